The molecule has 0 amide bonds. The summed E-state index contributed by atoms with van der Waals surface area (Å²) in [5, 5.41) is 0. The summed E-state index contributed by atoms with van der Waals surface area (Å²) < 4.78 is 0. The largest absolute Gasteiger partial charge is 0.0961 e. The topological polar surface area (TPSA) is 0 Å². The van der Waals surface area contributed by atoms with Crippen LogP contribution in [-0.2, 0) is 0 Å². The fourth-order valence-electron chi connectivity index (χ4n) is 1.35. The Morgan fingerprint density at radius 2 is 1.79 bits per heavy atom. The Bertz CT molecular complexity index is 228. The third-order valence-electron chi connectivity index (χ3n) is 2.42. The van der Waals surface area contributed by atoms with E-state index >= 15 is 0 Å². The Kier molecular flexibility index (Phi) is 7.18. The molecule has 0 saturated carbocycles. The molecule has 0 unspecified atom stereocenters. The molecule has 80 valence electrons. The second-order valence-electron chi connectivity index (χ2n) is 3.95. The molecule has 0 heteroatoms. The van der Waals surface area contributed by atoms with Gasteiger partial charge in [-0.05, 0) is 39.5 Å². The van der Waals surface area contributed by atoms with Crippen LogP contribution in [0.25, 0.3) is 0 Å². The first kappa shape index (κ1) is 13.2. The van der Waals surface area contributed by atoms with Crippen molar-refractivity contribution in [2.45, 2.75) is 53.4 Å². The lowest BCUT2D eigenvalue weighted by Gasteiger charge is -2.03. The van der Waals surface area contributed by atoms with E-state index in [9.17, 15) is 0 Å². The van der Waals surface area contributed by atoms with Crippen molar-refractivity contribution in [1.29, 1.82) is 0 Å². The van der Waals surface area contributed by atoms with E-state index in [0.717, 1.165) is 12.0 Å². The van der Waals surface area contributed by atoms with Gasteiger partial charge in [-0.1, -0.05) is 49.3 Å². The average molecular weight is 192 g/mol. The number of rotatable bonds is 6. The zero-order valence-corrected chi connectivity index (χ0v) is 10.2. The Morgan fingerprint density at radius 3 is 2.21 bits per heavy atom. The molecular weight excluding hydrogens is 168 g/mol. The Hall–Kier alpha value is -0.780. The van der Waals surface area contributed by atoms with E-state index in [1.807, 2.05) is 0 Å². The molecule has 0 nitrogen and oxygen atoms in total. The van der Waals surface area contributed by atoms with Gasteiger partial charge in [-0.15, -0.1) is 0 Å². The van der Waals surface area contributed by atoms with Crippen LogP contribution in [0.15, 0.2) is 35.5 Å². The maximum Gasteiger partial charge on any atom is -0.0282 e. The molecule has 0 saturated heterocycles. The molecule has 0 heterocycles. The highest BCUT2D eigenvalue weighted by atomic mass is 14.0. The predicted molar refractivity (Wildman–Crippen MR) is 66.5 cm³/mol. The van der Waals surface area contributed by atoms with E-state index in [1.165, 1.54) is 30.4 Å². The monoisotopic (exact) mass is 192 g/mol. The van der Waals surface area contributed by atoms with Crippen molar-refractivity contribution in [3.63, 3.8) is 0 Å². The lowest BCUT2D eigenvalue weighted by molar-refractivity contribution is 0.894. The molecule has 0 bridgehead atoms. The molecule has 0 atom stereocenters. The van der Waals surface area contributed by atoms with Crippen molar-refractivity contribution < 1.29 is 0 Å². The molecule has 0 radical (unpaired) electrons. The predicted octanol–water partition coefficient (Wildman–Crippen LogP) is 5.04. The van der Waals surface area contributed by atoms with Crippen LogP contribution in [0.5, 0.6) is 0 Å². The molecule has 0 aromatic heterocycles. The van der Waals surface area contributed by atoms with Crippen molar-refractivity contribution in [2.75, 3.05) is 0 Å². The van der Waals surface area contributed by atoms with E-state index < -0.39 is 0 Å². The van der Waals surface area contributed by atoms with Gasteiger partial charge in [0.1, 0.15) is 0 Å². The van der Waals surface area contributed by atoms with Crippen molar-refractivity contribution in [3.8, 4) is 0 Å². The van der Waals surface area contributed by atoms with E-state index in [0.29, 0.717) is 0 Å². The van der Waals surface area contributed by atoms with E-state index in [4.69, 9.17) is 0 Å². The lowest BCUT2D eigenvalue weighted by atomic mass is 10.0. The van der Waals surface area contributed by atoms with Crippen LogP contribution >= 0.6 is 0 Å². The summed E-state index contributed by atoms with van der Waals surface area (Å²) in [6, 6.07) is 0. The summed E-state index contributed by atoms with van der Waals surface area (Å²) in [6.07, 6.45) is 9.24. The molecule has 0 fully saturated rings. The summed E-state index contributed by atoms with van der Waals surface area (Å²) in [7, 11) is 0. The van der Waals surface area contributed by atoms with Gasteiger partial charge in [0, 0.05) is 0 Å². The molecule has 0 aliphatic rings. The van der Waals surface area contributed by atoms with Gasteiger partial charge in [-0.25, -0.2) is 0 Å². The maximum absolute atomic E-state index is 3.91. The normalized spacial score (nSPS) is 13.1. The Balaban J connectivity index is 4.03. The molecule has 0 aliphatic carbocycles. The third-order valence-corrected chi connectivity index (χ3v) is 2.42. The van der Waals surface area contributed by atoms with Gasteiger partial charge >= 0.3 is 0 Å². The second kappa shape index (κ2) is 7.61. The third kappa shape index (κ3) is 6.71. The Morgan fingerprint density at radius 1 is 1.14 bits per heavy atom. The van der Waals surface area contributed by atoms with Crippen molar-refractivity contribution in [3.05, 3.63) is 35.5 Å². The van der Waals surface area contributed by atoms with Gasteiger partial charge in [0.2, 0.25) is 0 Å². The number of allylic oxidation sites excluding steroid dienone is 5. The van der Waals surface area contributed by atoms with Gasteiger partial charge in [0.05, 0.1) is 0 Å². The first-order chi connectivity index (χ1) is 6.60. The average Bonchev–Trinajstić information content (AvgIpc) is 2.15. The van der Waals surface area contributed by atoms with Gasteiger partial charge in [0.15, 0.2) is 0 Å². The van der Waals surface area contributed by atoms with E-state index in [-0.39, 0.29) is 0 Å². The van der Waals surface area contributed by atoms with Gasteiger partial charge in [-0.2, -0.15) is 0 Å². The lowest BCUT2D eigenvalue weighted by Crippen LogP contribution is -1.82. The van der Waals surface area contributed by atoms with Gasteiger partial charge < -0.3 is 0 Å². The van der Waals surface area contributed by atoms with Crippen molar-refractivity contribution >= 4 is 0 Å². The minimum absolute atomic E-state index is 1.14. The summed E-state index contributed by atoms with van der Waals surface area (Å²) in [5.41, 5.74) is 4.17. The maximum atomic E-state index is 3.91. The van der Waals surface area contributed by atoms with Crippen LogP contribution in [0, 0.1) is 0 Å². The number of hydrogen-bond acceptors (Lipinski definition) is 0. The molecule has 0 aromatic carbocycles. The van der Waals surface area contributed by atoms with Crippen LogP contribution in [-0.4, -0.2) is 0 Å². The van der Waals surface area contributed by atoms with Gasteiger partial charge in [-0.3, -0.25) is 0 Å². The molecule has 0 rings (SSSR count). The molecule has 14 heavy (non-hydrogen) atoms. The molecule has 0 aromatic rings. The first-order valence-corrected chi connectivity index (χ1v) is 5.60. The fraction of sp³-hybridized carbons (Fsp3) is 0.571. The highest BCUT2D eigenvalue weighted by molar-refractivity contribution is 5.19. The summed E-state index contributed by atoms with van der Waals surface area (Å²) >= 11 is 0. The zero-order chi connectivity index (χ0) is 11.0. The quantitative estimate of drug-likeness (QED) is 0.409. The second-order valence-corrected chi connectivity index (χ2v) is 3.95. The summed E-state index contributed by atoms with van der Waals surface area (Å²) in [4.78, 5) is 0. The van der Waals surface area contributed by atoms with Gasteiger partial charge in [0.25, 0.3) is 0 Å². The molecule has 0 aliphatic heterocycles. The SMILES string of the molecule is C=C(C)C=C(CC)CCC=C(C)CC. The smallest absolute Gasteiger partial charge is 0.0282 e. The molecular formula is C14H24. The number of hydrogen-bond donors (Lipinski definition) is 0. The highest BCUT2D eigenvalue weighted by Crippen LogP contribution is 2.13. The Labute approximate surface area is 89.4 Å². The summed E-state index contributed by atoms with van der Waals surface area (Å²) in [6.45, 7) is 12.6. The van der Waals surface area contributed by atoms with Crippen molar-refractivity contribution in [1.82, 2.24) is 0 Å². The first-order valence-electron chi connectivity index (χ1n) is 5.60. The molecule has 0 N–H and O–H groups in total. The fourth-order valence-corrected chi connectivity index (χ4v) is 1.35. The van der Waals surface area contributed by atoms with Crippen LogP contribution in [0.4, 0.5) is 0 Å². The van der Waals surface area contributed by atoms with E-state index in [1.54, 1.807) is 0 Å². The van der Waals surface area contributed by atoms with E-state index in [2.05, 4.69) is 46.4 Å². The van der Waals surface area contributed by atoms with Crippen LogP contribution in [0.2, 0.25) is 0 Å². The minimum atomic E-state index is 1.14. The standard InChI is InChI=1S/C14H24/c1-6-13(5)9-8-10-14(7-2)11-12(3)4/h9,11H,3,6-8,10H2,1-2,4-5H3. The van der Waals surface area contributed by atoms with Crippen LogP contribution in [0.3, 0.4) is 0 Å². The highest BCUT2D eigenvalue weighted by Gasteiger charge is 1.93. The summed E-state index contributed by atoms with van der Waals surface area (Å²) in [5.74, 6) is 0. The minimum Gasteiger partial charge on any atom is -0.0961 e. The van der Waals surface area contributed by atoms with Crippen LogP contribution < -0.4 is 0 Å². The van der Waals surface area contributed by atoms with Crippen molar-refractivity contribution in [2.24, 2.45) is 0 Å². The zero-order valence-electron chi connectivity index (χ0n) is 10.2. The molecule has 0 spiro atoms. The van der Waals surface area contributed by atoms with Crippen LogP contribution in [0.1, 0.15) is 53.4 Å².